The average Bonchev–Trinajstić information content (AvgIpc) is 2.27. The van der Waals surface area contributed by atoms with Crippen molar-refractivity contribution in [2.75, 3.05) is 0 Å². The monoisotopic (exact) mass is 225 g/mol. The van der Waals surface area contributed by atoms with E-state index in [0.717, 1.165) is 12.1 Å². The maximum Gasteiger partial charge on any atom is 0.416 e. The molecular weight excluding hydrogens is 215 g/mol. The molecule has 84 valence electrons. The predicted octanol–water partition coefficient (Wildman–Crippen LogP) is 3.67. The quantitative estimate of drug-likeness (QED) is 0.704. The molecule has 0 bridgehead atoms. The molecule has 0 aliphatic carbocycles. The van der Waals surface area contributed by atoms with Crippen molar-refractivity contribution in [1.29, 1.82) is 5.26 Å². The zero-order chi connectivity index (χ0) is 12.4. The van der Waals surface area contributed by atoms with Crippen molar-refractivity contribution in [3.63, 3.8) is 0 Å². The summed E-state index contributed by atoms with van der Waals surface area (Å²) in [6, 6.07) is 6.54. The minimum absolute atomic E-state index is 0.498. The molecule has 0 fully saturated rings. The normalized spacial score (nSPS) is 14.9. The SMILES string of the molecule is C=CC(C)(C#N)c1ccc(C(F)(F)F)cc1. The summed E-state index contributed by atoms with van der Waals surface area (Å²) in [7, 11) is 0. The highest BCUT2D eigenvalue weighted by Gasteiger charge is 2.31. The molecule has 0 aliphatic rings. The van der Waals surface area contributed by atoms with Crippen molar-refractivity contribution >= 4 is 0 Å². The van der Waals surface area contributed by atoms with E-state index >= 15 is 0 Å². The highest BCUT2D eigenvalue weighted by atomic mass is 19.4. The van der Waals surface area contributed by atoms with Crippen molar-refractivity contribution < 1.29 is 13.2 Å². The molecule has 16 heavy (non-hydrogen) atoms. The Morgan fingerprint density at radius 3 is 1.94 bits per heavy atom. The number of halogens is 3. The second-order valence-corrected chi connectivity index (χ2v) is 3.59. The van der Waals surface area contributed by atoms with Crippen molar-refractivity contribution in [2.45, 2.75) is 18.5 Å². The van der Waals surface area contributed by atoms with Crippen LogP contribution >= 0.6 is 0 Å². The zero-order valence-corrected chi connectivity index (χ0v) is 8.67. The summed E-state index contributed by atoms with van der Waals surface area (Å²) in [4.78, 5) is 0. The first-order valence-corrected chi connectivity index (χ1v) is 4.56. The van der Waals surface area contributed by atoms with Gasteiger partial charge < -0.3 is 0 Å². The third-order valence-corrected chi connectivity index (χ3v) is 2.45. The number of nitriles is 1. The molecular formula is C12H10F3N. The highest BCUT2D eigenvalue weighted by Crippen LogP contribution is 2.31. The van der Waals surface area contributed by atoms with E-state index in [4.69, 9.17) is 5.26 Å². The molecule has 0 saturated heterocycles. The summed E-state index contributed by atoms with van der Waals surface area (Å²) in [5.74, 6) is 0. The van der Waals surface area contributed by atoms with Gasteiger partial charge in [-0.2, -0.15) is 18.4 Å². The van der Waals surface area contributed by atoms with Crippen LogP contribution in [0.2, 0.25) is 0 Å². The summed E-state index contributed by atoms with van der Waals surface area (Å²) < 4.78 is 36.9. The topological polar surface area (TPSA) is 23.8 Å². The summed E-state index contributed by atoms with van der Waals surface area (Å²) in [5.41, 5.74) is -1.18. The molecule has 1 atom stereocenters. The molecule has 0 radical (unpaired) electrons. The summed E-state index contributed by atoms with van der Waals surface area (Å²) in [6.45, 7) is 5.11. The number of rotatable bonds is 2. The van der Waals surface area contributed by atoms with Gasteiger partial charge in [-0.25, -0.2) is 0 Å². The van der Waals surface area contributed by atoms with Gasteiger partial charge >= 0.3 is 6.18 Å². The third-order valence-electron chi connectivity index (χ3n) is 2.45. The number of nitrogens with zero attached hydrogens (tertiary/aromatic N) is 1. The second-order valence-electron chi connectivity index (χ2n) is 3.59. The van der Waals surface area contributed by atoms with E-state index in [2.05, 4.69) is 6.58 Å². The minimum Gasteiger partial charge on any atom is -0.197 e. The Labute approximate surface area is 91.8 Å². The number of alkyl halides is 3. The summed E-state index contributed by atoms with van der Waals surface area (Å²) >= 11 is 0. The van der Waals surface area contributed by atoms with E-state index in [1.54, 1.807) is 6.92 Å². The lowest BCUT2D eigenvalue weighted by Gasteiger charge is -2.17. The lowest BCUT2D eigenvalue weighted by molar-refractivity contribution is -0.137. The van der Waals surface area contributed by atoms with Crippen LogP contribution in [0.1, 0.15) is 18.1 Å². The zero-order valence-electron chi connectivity index (χ0n) is 8.67. The van der Waals surface area contributed by atoms with Crippen molar-refractivity contribution in [3.8, 4) is 6.07 Å². The number of hydrogen-bond acceptors (Lipinski definition) is 1. The van der Waals surface area contributed by atoms with Gasteiger partial charge in [-0.15, -0.1) is 6.58 Å². The van der Waals surface area contributed by atoms with E-state index in [0.29, 0.717) is 5.56 Å². The van der Waals surface area contributed by atoms with Crippen LogP contribution in [0.4, 0.5) is 13.2 Å². The van der Waals surface area contributed by atoms with Crippen LogP contribution in [-0.2, 0) is 11.6 Å². The van der Waals surface area contributed by atoms with Crippen molar-refractivity contribution in [3.05, 3.63) is 48.0 Å². The highest BCUT2D eigenvalue weighted by molar-refractivity contribution is 5.38. The molecule has 0 saturated carbocycles. The second kappa shape index (κ2) is 4.01. The van der Waals surface area contributed by atoms with Crippen LogP contribution in [0.25, 0.3) is 0 Å². The van der Waals surface area contributed by atoms with E-state index < -0.39 is 17.2 Å². The largest absolute Gasteiger partial charge is 0.416 e. The van der Waals surface area contributed by atoms with Gasteiger partial charge in [-0.1, -0.05) is 18.2 Å². The number of hydrogen-bond donors (Lipinski definition) is 0. The molecule has 0 aliphatic heterocycles. The summed E-state index contributed by atoms with van der Waals surface area (Å²) in [6.07, 6.45) is -2.94. The van der Waals surface area contributed by atoms with Crippen LogP contribution < -0.4 is 0 Å². The summed E-state index contributed by atoms with van der Waals surface area (Å²) in [5, 5.41) is 8.92. The third kappa shape index (κ3) is 2.25. The van der Waals surface area contributed by atoms with Gasteiger partial charge in [0.2, 0.25) is 0 Å². The lowest BCUT2D eigenvalue weighted by atomic mass is 9.84. The first-order valence-electron chi connectivity index (χ1n) is 4.56. The standard InChI is InChI=1S/C12H10F3N/c1-3-11(2,8-16)9-4-6-10(7-5-9)12(13,14)15/h3-7H,1H2,2H3. The Balaban J connectivity index is 3.15. The van der Waals surface area contributed by atoms with Crippen LogP contribution in [0.5, 0.6) is 0 Å². The van der Waals surface area contributed by atoms with Gasteiger partial charge in [-0.3, -0.25) is 0 Å². The van der Waals surface area contributed by atoms with Crippen LogP contribution in [0.15, 0.2) is 36.9 Å². The van der Waals surface area contributed by atoms with Crippen molar-refractivity contribution in [2.24, 2.45) is 0 Å². The molecule has 1 aromatic rings. The van der Waals surface area contributed by atoms with Gasteiger partial charge in [0.25, 0.3) is 0 Å². The van der Waals surface area contributed by atoms with Crippen molar-refractivity contribution in [1.82, 2.24) is 0 Å². The fraction of sp³-hybridized carbons (Fsp3) is 0.250. The predicted molar refractivity (Wildman–Crippen MR) is 54.6 cm³/mol. The molecule has 0 heterocycles. The molecule has 1 rings (SSSR count). The van der Waals surface area contributed by atoms with Gasteiger partial charge in [-0.05, 0) is 24.6 Å². The minimum atomic E-state index is -4.35. The molecule has 1 aromatic carbocycles. The molecule has 1 unspecified atom stereocenters. The molecule has 4 heteroatoms. The Kier molecular flexibility index (Phi) is 3.09. The lowest BCUT2D eigenvalue weighted by Crippen LogP contribution is -2.16. The van der Waals surface area contributed by atoms with E-state index in [-0.39, 0.29) is 0 Å². The Bertz CT molecular complexity index is 425. The van der Waals surface area contributed by atoms with E-state index in [9.17, 15) is 13.2 Å². The molecule has 0 aromatic heterocycles. The smallest absolute Gasteiger partial charge is 0.197 e. The number of allylic oxidation sites excluding steroid dienone is 1. The van der Waals surface area contributed by atoms with Gasteiger partial charge in [0.15, 0.2) is 0 Å². The first-order chi connectivity index (χ1) is 7.33. The average molecular weight is 225 g/mol. The molecule has 0 N–H and O–H groups in total. The Morgan fingerprint density at radius 1 is 1.19 bits per heavy atom. The van der Waals surface area contributed by atoms with Gasteiger partial charge in [0.05, 0.1) is 17.0 Å². The van der Waals surface area contributed by atoms with Crippen LogP contribution in [0.3, 0.4) is 0 Å². The fourth-order valence-electron chi connectivity index (χ4n) is 1.23. The van der Waals surface area contributed by atoms with Crippen LogP contribution in [-0.4, -0.2) is 0 Å². The first kappa shape index (κ1) is 12.3. The maximum absolute atomic E-state index is 12.3. The Hall–Kier alpha value is -1.76. The molecule has 0 amide bonds. The Morgan fingerprint density at radius 2 is 1.62 bits per heavy atom. The van der Waals surface area contributed by atoms with Crippen LogP contribution in [0, 0.1) is 11.3 Å². The van der Waals surface area contributed by atoms with Gasteiger partial charge in [0, 0.05) is 0 Å². The maximum atomic E-state index is 12.3. The molecule has 0 spiro atoms. The molecule has 1 nitrogen and oxygen atoms in total. The van der Waals surface area contributed by atoms with E-state index in [1.807, 2.05) is 6.07 Å². The van der Waals surface area contributed by atoms with E-state index in [1.165, 1.54) is 18.2 Å². The number of benzene rings is 1. The fourth-order valence-corrected chi connectivity index (χ4v) is 1.23. The van der Waals surface area contributed by atoms with Gasteiger partial charge in [0.1, 0.15) is 0 Å².